The van der Waals surface area contributed by atoms with Gasteiger partial charge in [-0.05, 0) is 42.0 Å². The lowest BCUT2D eigenvalue weighted by Crippen LogP contribution is -2.23. The van der Waals surface area contributed by atoms with E-state index in [9.17, 15) is 13.2 Å². The molecule has 0 aromatic heterocycles. The standard InChI is InChI=1S/C20H16Cl2N2O4S/c21-16-9-10-18(22)19(12-16)29(26,27)24-17-8-4-7-15(11-17)20(25)23-28-13-14-5-2-1-3-6-14/h1-12,24H,13H2,(H,23,25). The van der Waals surface area contributed by atoms with E-state index in [1.165, 1.54) is 36.4 Å². The van der Waals surface area contributed by atoms with Gasteiger partial charge in [0.25, 0.3) is 15.9 Å². The maximum Gasteiger partial charge on any atom is 0.274 e. The molecule has 9 heteroatoms. The van der Waals surface area contributed by atoms with Crippen LogP contribution in [0.5, 0.6) is 0 Å². The van der Waals surface area contributed by atoms with E-state index in [2.05, 4.69) is 10.2 Å². The Bertz CT molecular complexity index is 1120. The minimum atomic E-state index is -3.99. The summed E-state index contributed by atoms with van der Waals surface area (Å²) in [5, 5.41) is 0.267. The van der Waals surface area contributed by atoms with Gasteiger partial charge in [0, 0.05) is 16.3 Å². The number of carbonyl (C=O) groups excluding carboxylic acids is 1. The fraction of sp³-hybridized carbons (Fsp3) is 0.0500. The van der Waals surface area contributed by atoms with E-state index in [1.54, 1.807) is 6.07 Å². The van der Waals surface area contributed by atoms with Gasteiger partial charge in [-0.15, -0.1) is 0 Å². The molecule has 29 heavy (non-hydrogen) atoms. The SMILES string of the molecule is O=C(NOCc1ccccc1)c1cccc(NS(=O)(=O)c2cc(Cl)ccc2Cl)c1. The summed E-state index contributed by atoms with van der Waals surface area (Å²) < 4.78 is 27.6. The Morgan fingerprint density at radius 3 is 2.45 bits per heavy atom. The van der Waals surface area contributed by atoms with Crippen LogP contribution in [0, 0.1) is 0 Å². The molecule has 0 bridgehead atoms. The van der Waals surface area contributed by atoms with Crippen molar-refractivity contribution >= 4 is 44.8 Å². The zero-order valence-electron chi connectivity index (χ0n) is 14.9. The molecule has 2 N–H and O–H groups in total. The van der Waals surface area contributed by atoms with E-state index >= 15 is 0 Å². The van der Waals surface area contributed by atoms with Gasteiger partial charge in [0.1, 0.15) is 4.90 Å². The van der Waals surface area contributed by atoms with Crippen molar-refractivity contribution in [1.82, 2.24) is 5.48 Å². The average Bonchev–Trinajstić information content (AvgIpc) is 2.70. The van der Waals surface area contributed by atoms with Crippen LogP contribution in [0.25, 0.3) is 0 Å². The number of halogens is 2. The van der Waals surface area contributed by atoms with Gasteiger partial charge in [-0.3, -0.25) is 14.4 Å². The number of benzene rings is 3. The molecule has 0 heterocycles. The van der Waals surface area contributed by atoms with Gasteiger partial charge in [0.15, 0.2) is 0 Å². The molecule has 0 saturated heterocycles. The van der Waals surface area contributed by atoms with Crippen molar-refractivity contribution in [3.63, 3.8) is 0 Å². The maximum atomic E-state index is 12.6. The van der Waals surface area contributed by atoms with Crippen LogP contribution in [-0.2, 0) is 21.5 Å². The Morgan fingerprint density at radius 2 is 1.69 bits per heavy atom. The zero-order chi connectivity index (χ0) is 20.9. The van der Waals surface area contributed by atoms with Crippen LogP contribution < -0.4 is 10.2 Å². The summed E-state index contributed by atoms with van der Waals surface area (Å²) in [6.45, 7) is 0.201. The first-order chi connectivity index (χ1) is 13.8. The smallest absolute Gasteiger partial charge is 0.274 e. The molecule has 0 saturated carbocycles. The van der Waals surface area contributed by atoms with E-state index in [-0.39, 0.29) is 32.8 Å². The number of nitrogens with one attached hydrogen (secondary N) is 2. The molecule has 1 amide bonds. The quantitative estimate of drug-likeness (QED) is 0.512. The highest BCUT2D eigenvalue weighted by molar-refractivity contribution is 7.92. The molecule has 0 radical (unpaired) electrons. The lowest BCUT2D eigenvalue weighted by molar-refractivity contribution is 0.0233. The van der Waals surface area contributed by atoms with Gasteiger partial charge in [0.05, 0.1) is 11.6 Å². The highest BCUT2D eigenvalue weighted by atomic mass is 35.5. The molecule has 3 aromatic carbocycles. The second-order valence-corrected chi connectivity index (χ2v) is 8.46. The normalized spacial score (nSPS) is 11.1. The largest absolute Gasteiger partial charge is 0.280 e. The van der Waals surface area contributed by atoms with Crippen LogP contribution in [-0.4, -0.2) is 14.3 Å². The third-order valence-electron chi connectivity index (χ3n) is 3.81. The molecule has 0 aliphatic rings. The number of rotatable bonds is 7. The molecule has 0 spiro atoms. The molecule has 6 nitrogen and oxygen atoms in total. The summed E-state index contributed by atoms with van der Waals surface area (Å²) in [7, 11) is -3.99. The molecule has 150 valence electrons. The van der Waals surface area contributed by atoms with Crippen LogP contribution in [0.1, 0.15) is 15.9 Å². The van der Waals surface area contributed by atoms with Gasteiger partial charge in [0.2, 0.25) is 0 Å². The minimum absolute atomic E-state index is 0.0325. The Kier molecular flexibility index (Phi) is 6.76. The number of amides is 1. The van der Waals surface area contributed by atoms with Gasteiger partial charge in [-0.1, -0.05) is 59.6 Å². The fourth-order valence-electron chi connectivity index (χ4n) is 2.44. The predicted molar refractivity (Wildman–Crippen MR) is 112 cm³/mol. The van der Waals surface area contributed by atoms with Crippen molar-refractivity contribution < 1.29 is 18.0 Å². The van der Waals surface area contributed by atoms with Gasteiger partial charge >= 0.3 is 0 Å². The second-order valence-electron chi connectivity index (χ2n) is 5.97. The number of sulfonamides is 1. The van der Waals surface area contributed by atoms with Crippen LogP contribution >= 0.6 is 23.2 Å². The van der Waals surface area contributed by atoms with Crippen LogP contribution in [0.2, 0.25) is 10.0 Å². The molecule has 0 aliphatic carbocycles. The summed E-state index contributed by atoms with van der Waals surface area (Å²) in [5.41, 5.74) is 3.64. The van der Waals surface area contributed by atoms with Crippen LogP contribution in [0.4, 0.5) is 5.69 Å². The minimum Gasteiger partial charge on any atom is -0.280 e. The molecule has 3 aromatic rings. The van der Waals surface area contributed by atoms with E-state index < -0.39 is 15.9 Å². The molecule has 0 fully saturated rings. The maximum absolute atomic E-state index is 12.6. The Morgan fingerprint density at radius 1 is 0.931 bits per heavy atom. The van der Waals surface area contributed by atoms with Crippen molar-refractivity contribution in [3.8, 4) is 0 Å². The third kappa shape index (κ3) is 5.71. The lowest BCUT2D eigenvalue weighted by atomic mass is 10.2. The predicted octanol–water partition coefficient (Wildman–Crippen LogP) is 4.66. The fourth-order valence-corrected chi connectivity index (χ4v) is 4.25. The number of carbonyl (C=O) groups is 1. The van der Waals surface area contributed by atoms with Crippen molar-refractivity contribution in [2.45, 2.75) is 11.5 Å². The Labute approximate surface area is 178 Å². The van der Waals surface area contributed by atoms with Gasteiger partial charge in [-0.25, -0.2) is 13.9 Å². The molecule has 0 aliphatic heterocycles. The first-order valence-corrected chi connectivity index (χ1v) is 10.6. The number of hydroxylamine groups is 1. The van der Waals surface area contributed by atoms with Crippen molar-refractivity contribution in [2.24, 2.45) is 0 Å². The molecule has 3 rings (SSSR count). The first kappa shape index (κ1) is 21.1. The average molecular weight is 451 g/mol. The van der Waals surface area contributed by atoms with Crippen LogP contribution in [0.15, 0.2) is 77.7 Å². The highest BCUT2D eigenvalue weighted by Gasteiger charge is 2.19. The van der Waals surface area contributed by atoms with E-state index in [0.29, 0.717) is 0 Å². The Balaban J connectivity index is 1.68. The topological polar surface area (TPSA) is 84.5 Å². The monoisotopic (exact) mass is 450 g/mol. The molecular formula is C20H16Cl2N2O4S. The molecule has 0 atom stereocenters. The van der Waals surface area contributed by atoms with Gasteiger partial charge < -0.3 is 0 Å². The summed E-state index contributed by atoms with van der Waals surface area (Å²) >= 11 is 11.8. The summed E-state index contributed by atoms with van der Waals surface area (Å²) in [5.74, 6) is -0.511. The zero-order valence-corrected chi connectivity index (χ0v) is 17.3. The first-order valence-electron chi connectivity index (χ1n) is 8.39. The molecule has 0 unspecified atom stereocenters. The number of hydrogen-bond donors (Lipinski definition) is 2. The number of anilines is 1. The van der Waals surface area contributed by atoms with E-state index in [4.69, 9.17) is 28.0 Å². The van der Waals surface area contributed by atoms with E-state index in [1.807, 2.05) is 30.3 Å². The van der Waals surface area contributed by atoms with Crippen molar-refractivity contribution in [1.29, 1.82) is 0 Å². The van der Waals surface area contributed by atoms with Crippen LogP contribution in [0.3, 0.4) is 0 Å². The highest BCUT2D eigenvalue weighted by Crippen LogP contribution is 2.27. The lowest BCUT2D eigenvalue weighted by Gasteiger charge is -2.11. The Hall–Kier alpha value is -2.58. The van der Waals surface area contributed by atoms with Crippen molar-refractivity contribution in [3.05, 3.63) is 94.0 Å². The van der Waals surface area contributed by atoms with Crippen molar-refractivity contribution in [2.75, 3.05) is 4.72 Å². The summed E-state index contributed by atoms with van der Waals surface area (Å²) in [6.07, 6.45) is 0. The molecular weight excluding hydrogens is 435 g/mol. The summed E-state index contributed by atoms with van der Waals surface area (Å²) in [4.78, 5) is 17.3. The number of hydrogen-bond acceptors (Lipinski definition) is 4. The summed E-state index contributed by atoms with van der Waals surface area (Å²) in [6, 6.07) is 19.4. The second kappa shape index (κ2) is 9.28. The van der Waals surface area contributed by atoms with Gasteiger partial charge in [-0.2, -0.15) is 0 Å². The third-order valence-corrected chi connectivity index (χ3v) is 5.90. The van der Waals surface area contributed by atoms with E-state index in [0.717, 1.165) is 5.56 Å².